The van der Waals surface area contributed by atoms with Crippen LogP contribution in [-0.2, 0) is 11.3 Å². The van der Waals surface area contributed by atoms with Gasteiger partial charge in [-0.15, -0.1) is 0 Å². The predicted molar refractivity (Wildman–Crippen MR) is 85.5 cm³/mol. The molecule has 0 aliphatic carbocycles. The molecule has 114 valence electrons. The van der Waals surface area contributed by atoms with Crippen molar-refractivity contribution < 1.29 is 9.59 Å². The Hall–Kier alpha value is -2.89. The van der Waals surface area contributed by atoms with Crippen molar-refractivity contribution in [1.82, 2.24) is 10.3 Å². The van der Waals surface area contributed by atoms with Gasteiger partial charge >= 0.3 is 6.03 Å². The highest BCUT2D eigenvalue weighted by molar-refractivity contribution is 5.92. The lowest BCUT2D eigenvalue weighted by Gasteiger charge is -2.09. The second-order valence-electron chi connectivity index (χ2n) is 4.64. The molecular formula is C16H18N4O2. The first-order chi connectivity index (χ1) is 10.7. The number of anilines is 2. The van der Waals surface area contributed by atoms with Gasteiger partial charge in [0.25, 0.3) is 0 Å². The molecule has 6 nitrogen and oxygen atoms in total. The number of carbonyl (C=O) groups excluding carboxylic acids is 2. The zero-order valence-corrected chi connectivity index (χ0v) is 12.3. The van der Waals surface area contributed by atoms with E-state index in [4.69, 9.17) is 0 Å². The molecule has 2 aromatic rings. The Morgan fingerprint density at radius 2 is 1.55 bits per heavy atom. The van der Waals surface area contributed by atoms with Crippen molar-refractivity contribution in [2.24, 2.45) is 0 Å². The lowest BCUT2D eigenvalue weighted by Crippen LogP contribution is -2.28. The molecule has 0 bridgehead atoms. The third-order valence-corrected chi connectivity index (χ3v) is 2.95. The van der Waals surface area contributed by atoms with Crippen LogP contribution < -0.4 is 16.0 Å². The van der Waals surface area contributed by atoms with E-state index in [0.717, 1.165) is 5.56 Å². The second-order valence-corrected chi connectivity index (χ2v) is 4.64. The van der Waals surface area contributed by atoms with E-state index < -0.39 is 0 Å². The maximum Gasteiger partial charge on any atom is 0.319 e. The lowest BCUT2D eigenvalue weighted by atomic mass is 10.2. The lowest BCUT2D eigenvalue weighted by molar-refractivity contribution is -0.115. The smallest absolute Gasteiger partial charge is 0.319 e. The van der Waals surface area contributed by atoms with Gasteiger partial charge in [0.1, 0.15) is 0 Å². The normalized spacial score (nSPS) is 9.86. The molecule has 1 aromatic heterocycles. The molecule has 1 heterocycles. The van der Waals surface area contributed by atoms with E-state index in [2.05, 4.69) is 20.9 Å². The van der Waals surface area contributed by atoms with Crippen molar-refractivity contribution in [3.63, 3.8) is 0 Å². The average Bonchev–Trinajstić information content (AvgIpc) is 2.55. The van der Waals surface area contributed by atoms with Crippen LogP contribution >= 0.6 is 0 Å². The Morgan fingerprint density at radius 3 is 2.14 bits per heavy atom. The topological polar surface area (TPSA) is 83.1 Å². The Balaban J connectivity index is 1.82. The molecule has 0 unspecified atom stereocenters. The second kappa shape index (κ2) is 7.78. The van der Waals surface area contributed by atoms with Gasteiger partial charge < -0.3 is 16.0 Å². The Kier molecular flexibility index (Phi) is 5.48. The van der Waals surface area contributed by atoms with E-state index in [1.165, 1.54) is 0 Å². The van der Waals surface area contributed by atoms with Crippen LogP contribution in [0.2, 0.25) is 0 Å². The summed E-state index contributed by atoms with van der Waals surface area (Å²) in [5.41, 5.74) is 2.33. The summed E-state index contributed by atoms with van der Waals surface area (Å²) in [7, 11) is 0. The molecule has 0 atom stereocenters. The summed E-state index contributed by atoms with van der Waals surface area (Å²) in [6, 6.07) is 10.3. The summed E-state index contributed by atoms with van der Waals surface area (Å²) in [6.07, 6.45) is 3.79. The maximum atomic E-state index is 11.8. The van der Waals surface area contributed by atoms with Gasteiger partial charge in [-0.1, -0.05) is 6.92 Å². The first-order valence-electron chi connectivity index (χ1n) is 7.01. The van der Waals surface area contributed by atoms with Crippen molar-refractivity contribution in [2.75, 3.05) is 10.6 Å². The van der Waals surface area contributed by atoms with E-state index in [1.807, 2.05) is 12.1 Å². The van der Waals surface area contributed by atoms with Gasteiger partial charge in [0, 0.05) is 36.7 Å². The molecule has 0 aliphatic heterocycles. The van der Waals surface area contributed by atoms with Gasteiger partial charge in [-0.2, -0.15) is 0 Å². The third-order valence-electron chi connectivity index (χ3n) is 2.95. The minimum atomic E-state index is -0.290. The minimum absolute atomic E-state index is 0.0456. The summed E-state index contributed by atoms with van der Waals surface area (Å²) in [5.74, 6) is -0.0456. The van der Waals surface area contributed by atoms with Crippen LogP contribution in [-0.4, -0.2) is 16.9 Å². The molecule has 3 N–H and O–H groups in total. The number of carbonyl (C=O) groups is 2. The molecule has 1 aromatic carbocycles. The summed E-state index contributed by atoms with van der Waals surface area (Å²) < 4.78 is 0. The van der Waals surface area contributed by atoms with Crippen LogP contribution in [0.25, 0.3) is 0 Å². The summed E-state index contributed by atoms with van der Waals surface area (Å²) in [6.45, 7) is 2.22. The highest BCUT2D eigenvalue weighted by Crippen LogP contribution is 2.13. The fourth-order valence-electron chi connectivity index (χ4n) is 1.74. The van der Waals surface area contributed by atoms with Gasteiger partial charge in [0.15, 0.2) is 0 Å². The van der Waals surface area contributed by atoms with Crippen LogP contribution in [0, 0.1) is 0 Å². The summed E-state index contributed by atoms with van der Waals surface area (Å²) >= 11 is 0. The van der Waals surface area contributed by atoms with Crippen LogP contribution in [0.1, 0.15) is 18.9 Å². The number of nitrogens with zero attached hydrogens (tertiary/aromatic N) is 1. The predicted octanol–water partition coefficient (Wildman–Crippen LogP) is 2.75. The van der Waals surface area contributed by atoms with E-state index in [0.29, 0.717) is 24.3 Å². The van der Waals surface area contributed by atoms with Crippen molar-refractivity contribution in [3.05, 3.63) is 54.4 Å². The van der Waals surface area contributed by atoms with E-state index in [-0.39, 0.29) is 11.9 Å². The summed E-state index contributed by atoms with van der Waals surface area (Å²) in [4.78, 5) is 27.0. The van der Waals surface area contributed by atoms with Crippen molar-refractivity contribution >= 4 is 23.3 Å². The Labute approximate surface area is 129 Å². The van der Waals surface area contributed by atoms with Gasteiger partial charge in [0.05, 0.1) is 0 Å². The van der Waals surface area contributed by atoms with Gasteiger partial charge in [-0.3, -0.25) is 9.78 Å². The zero-order chi connectivity index (χ0) is 15.8. The average molecular weight is 298 g/mol. The molecule has 0 radical (unpaired) electrons. The van der Waals surface area contributed by atoms with Crippen molar-refractivity contribution in [1.29, 1.82) is 0 Å². The number of urea groups is 1. The van der Waals surface area contributed by atoms with Crippen molar-refractivity contribution in [3.8, 4) is 0 Å². The molecule has 3 amide bonds. The fourth-order valence-corrected chi connectivity index (χ4v) is 1.74. The van der Waals surface area contributed by atoms with E-state index in [1.54, 1.807) is 43.6 Å². The van der Waals surface area contributed by atoms with E-state index >= 15 is 0 Å². The summed E-state index contributed by atoms with van der Waals surface area (Å²) in [5, 5.41) is 8.23. The molecule has 0 fully saturated rings. The van der Waals surface area contributed by atoms with Gasteiger partial charge in [0.2, 0.25) is 5.91 Å². The monoisotopic (exact) mass is 298 g/mol. The quantitative estimate of drug-likeness (QED) is 0.793. The number of nitrogens with one attached hydrogen (secondary N) is 3. The first-order valence-corrected chi connectivity index (χ1v) is 7.01. The third kappa shape index (κ3) is 4.90. The highest BCUT2D eigenvalue weighted by atomic mass is 16.2. The molecule has 0 aliphatic rings. The Bertz CT molecular complexity index is 626. The van der Waals surface area contributed by atoms with Crippen LogP contribution in [0.5, 0.6) is 0 Å². The number of hydrogen-bond donors (Lipinski definition) is 3. The molecule has 0 spiro atoms. The largest absolute Gasteiger partial charge is 0.334 e. The minimum Gasteiger partial charge on any atom is -0.334 e. The molecular weight excluding hydrogens is 280 g/mol. The maximum absolute atomic E-state index is 11.8. The van der Waals surface area contributed by atoms with Gasteiger partial charge in [-0.05, 0) is 42.0 Å². The number of hydrogen-bond acceptors (Lipinski definition) is 3. The SMILES string of the molecule is CCC(=O)Nc1ccc(NC(=O)NCc2ccncc2)cc1. The zero-order valence-electron chi connectivity index (χ0n) is 12.3. The number of aromatic nitrogens is 1. The van der Waals surface area contributed by atoms with Crippen LogP contribution in [0.15, 0.2) is 48.8 Å². The van der Waals surface area contributed by atoms with Crippen LogP contribution in [0.4, 0.5) is 16.2 Å². The van der Waals surface area contributed by atoms with Crippen molar-refractivity contribution in [2.45, 2.75) is 19.9 Å². The Morgan fingerprint density at radius 1 is 0.955 bits per heavy atom. The molecule has 0 saturated carbocycles. The number of amides is 3. The number of benzene rings is 1. The molecule has 0 saturated heterocycles. The molecule has 6 heteroatoms. The molecule has 22 heavy (non-hydrogen) atoms. The van der Waals surface area contributed by atoms with Gasteiger partial charge in [-0.25, -0.2) is 4.79 Å². The highest BCUT2D eigenvalue weighted by Gasteiger charge is 2.03. The number of rotatable bonds is 5. The van der Waals surface area contributed by atoms with Crippen LogP contribution in [0.3, 0.4) is 0 Å². The fraction of sp³-hybridized carbons (Fsp3) is 0.188. The standard InChI is InChI=1S/C16H18N4O2/c1-2-15(21)19-13-3-5-14(6-4-13)20-16(22)18-11-12-7-9-17-10-8-12/h3-10H,2,11H2,1H3,(H,19,21)(H2,18,20,22). The van der Waals surface area contributed by atoms with E-state index in [9.17, 15) is 9.59 Å². The number of pyridine rings is 1. The first kappa shape index (κ1) is 15.5. The molecule has 2 rings (SSSR count).